The summed E-state index contributed by atoms with van der Waals surface area (Å²) in [7, 11) is 6.34. The zero-order valence-electron chi connectivity index (χ0n) is 16.4. The van der Waals surface area contributed by atoms with Crippen molar-refractivity contribution in [1.82, 2.24) is 0 Å². The van der Waals surface area contributed by atoms with Crippen LogP contribution in [0.25, 0.3) is 6.08 Å². The van der Waals surface area contributed by atoms with E-state index in [0.717, 1.165) is 39.8 Å². The van der Waals surface area contributed by atoms with Gasteiger partial charge in [-0.2, -0.15) is 0 Å². The Morgan fingerprint density at radius 1 is 0.893 bits per heavy atom. The maximum atomic E-state index is 13.2. The SMILES string of the molecule is COc1ccc2c(c1Br)CCC/C(=C\c1cc(OC)c(OC)c(OC)c1)C2=O. The smallest absolute Gasteiger partial charge is 0.203 e. The molecule has 0 aliphatic heterocycles. The highest BCUT2D eigenvalue weighted by atomic mass is 79.9. The van der Waals surface area contributed by atoms with Gasteiger partial charge < -0.3 is 18.9 Å². The van der Waals surface area contributed by atoms with Crippen molar-refractivity contribution in [3.05, 3.63) is 51.0 Å². The Balaban J connectivity index is 2.06. The second-order valence-electron chi connectivity index (χ2n) is 6.42. The molecule has 28 heavy (non-hydrogen) atoms. The molecule has 0 heterocycles. The van der Waals surface area contributed by atoms with Crippen molar-refractivity contribution < 1.29 is 23.7 Å². The third-order valence-electron chi connectivity index (χ3n) is 4.86. The van der Waals surface area contributed by atoms with Crippen molar-refractivity contribution in [3.63, 3.8) is 0 Å². The molecule has 0 aromatic heterocycles. The van der Waals surface area contributed by atoms with Crippen molar-refractivity contribution in [2.45, 2.75) is 19.3 Å². The number of halogens is 1. The molecule has 0 saturated carbocycles. The van der Waals surface area contributed by atoms with E-state index in [4.69, 9.17) is 18.9 Å². The first-order valence-electron chi connectivity index (χ1n) is 8.94. The molecule has 148 valence electrons. The van der Waals surface area contributed by atoms with Gasteiger partial charge in [0.2, 0.25) is 5.75 Å². The second-order valence-corrected chi connectivity index (χ2v) is 7.21. The summed E-state index contributed by atoms with van der Waals surface area (Å²) < 4.78 is 22.4. The minimum absolute atomic E-state index is 0.0320. The third kappa shape index (κ3) is 3.74. The topological polar surface area (TPSA) is 54.0 Å². The van der Waals surface area contributed by atoms with E-state index in [9.17, 15) is 4.79 Å². The highest BCUT2D eigenvalue weighted by Gasteiger charge is 2.24. The Labute approximate surface area is 173 Å². The molecule has 0 bridgehead atoms. The monoisotopic (exact) mass is 446 g/mol. The van der Waals surface area contributed by atoms with Crippen LogP contribution in [0.15, 0.2) is 34.3 Å². The fourth-order valence-electron chi connectivity index (χ4n) is 3.48. The van der Waals surface area contributed by atoms with Crippen LogP contribution in [0.3, 0.4) is 0 Å². The van der Waals surface area contributed by atoms with E-state index in [-0.39, 0.29) is 5.78 Å². The standard InChI is InChI=1S/C22H23BrO5/c1-25-17-9-8-16-15(20(17)23)7-5-6-14(21(16)24)10-13-11-18(26-2)22(28-4)19(12-13)27-3/h8-12H,5-7H2,1-4H3/b14-10+. The lowest BCUT2D eigenvalue weighted by Gasteiger charge is -2.13. The molecular weight excluding hydrogens is 424 g/mol. The Bertz CT molecular complexity index is 908. The summed E-state index contributed by atoms with van der Waals surface area (Å²) in [5.41, 5.74) is 3.29. The van der Waals surface area contributed by atoms with Gasteiger partial charge in [0, 0.05) is 11.1 Å². The minimum Gasteiger partial charge on any atom is -0.496 e. The first-order valence-corrected chi connectivity index (χ1v) is 9.74. The maximum Gasteiger partial charge on any atom is 0.203 e. The summed E-state index contributed by atoms with van der Waals surface area (Å²) in [6.45, 7) is 0. The summed E-state index contributed by atoms with van der Waals surface area (Å²) in [6.07, 6.45) is 4.28. The normalized spacial score (nSPS) is 15.0. The fourth-order valence-corrected chi connectivity index (χ4v) is 4.19. The zero-order valence-corrected chi connectivity index (χ0v) is 18.0. The van der Waals surface area contributed by atoms with Crippen molar-refractivity contribution in [2.24, 2.45) is 0 Å². The molecule has 6 heteroatoms. The first kappa shape index (κ1) is 20.3. The van der Waals surface area contributed by atoms with Gasteiger partial charge in [-0.1, -0.05) is 0 Å². The Morgan fingerprint density at radius 3 is 2.11 bits per heavy atom. The predicted molar refractivity (Wildman–Crippen MR) is 112 cm³/mol. The Hall–Kier alpha value is -2.47. The number of benzene rings is 2. The zero-order chi connectivity index (χ0) is 20.3. The lowest BCUT2D eigenvalue weighted by Crippen LogP contribution is -2.05. The number of ether oxygens (including phenoxy) is 4. The molecule has 0 atom stereocenters. The van der Waals surface area contributed by atoms with Crippen molar-refractivity contribution in [1.29, 1.82) is 0 Å². The lowest BCUT2D eigenvalue weighted by atomic mass is 9.98. The Kier molecular flexibility index (Phi) is 6.29. The molecule has 0 saturated heterocycles. The number of methoxy groups -OCH3 is 4. The molecule has 0 unspecified atom stereocenters. The van der Waals surface area contributed by atoms with Crippen molar-refractivity contribution >= 4 is 27.8 Å². The van der Waals surface area contributed by atoms with Crippen LogP contribution in [0.1, 0.15) is 34.3 Å². The van der Waals surface area contributed by atoms with Gasteiger partial charge in [-0.15, -0.1) is 0 Å². The third-order valence-corrected chi connectivity index (χ3v) is 5.73. The number of fused-ring (bicyclic) bond motifs is 1. The summed E-state index contributed by atoms with van der Waals surface area (Å²) in [5.74, 6) is 2.42. The molecule has 5 nitrogen and oxygen atoms in total. The number of rotatable bonds is 5. The lowest BCUT2D eigenvalue weighted by molar-refractivity contribution is 0.103. The average molecular weight is 447 g/mol. The molecular formula is C22H23BrO5. The highest BCUT2D eigenvalue weighted by Crippen LogP contribution is 2.40. The number of ketones is 1. The molecule has 1 aliphatic carbocycles. The minimum atomic E-state index is 0.0320. The Morgan fingerprint density at radius 2 is 1.54 bits per heavy atom. The molecule has 2 aromatic rings. The van der Waals surface area contributed by atoms with Crippen molar-refractivity contribution in [2.75, 3.05) is 28.4 Å². The second kappa shape index (κ2) is 8.69. The van der Waals surface area contributed by atoms with Gasteiger partial charge in [-0.25, -0.2) is 0 Å². The fraction of sp³-hybridized carbons (Fsp3) is 0.318. The van der Waals surface area contributed by atoms with E-state index in [1.807, 2.05) is 30.3 Å². The molecule has 0 amide bonds. The average Bonchev–Trinajstić information content (AvgIpc) is 2.87. The maximum absolute atomic E-state index is 13.2. The van der Waals surface area contributed by atoms with Gasteiger partial charge in [-0.05, 0) is 76.7 Å². The van der Waals surface area contributed by atoms with Gasteiger partial charge in [0.15, 0.2) is 17.3 Å². The van der Waals surface area contributed by atoms with Gasteiger partial charge in [0.05, 0.1) is 32.9 Å². The van der Waals surface area contributed by atoms with Gasteiger partial charge in [0.25, 0.3) is 0 Å². The molecule has 3 rings (SSSR count). The van der Waals surface area contributed by atoms with E-state index in [1.54, 1.807) is 28.4 Å². The number of allylic oxidation sites excluding steroid dienone is 1. The number of hydrogen-bond donors (Lipinski definition) is 0. The summed E-state index contributed by atoms with van der Waals surface area (Å²) in [6, 6.07) is 7.35. The van der Waals surface area contributed by atoms with Gasteiger partial charge in [0.1, 0.15) is 5.75 Å². The van der Waals surface area contributed by atoms with Crippen LogP contribution in [0.2, 0.25) is 0 Å². The van der Waals surface area contributed by atoms with Gasteiger partial charge in [-0.3, -0.25) is 4.79 Å². The molecule has 0 fully saturated rings. The van der Waals surface area contributed by atoms with Crippen molar-refractivity contribution in [3.8, 4) is 23.0 Å². The summed E-state index contributed by atoms with van der Waals surface area (Å²) in [4.78, 5) is 13.2. The van der Waals surface area contributed by atoms with Crippen LogP contribution in [-0.2, 0) is 6.42 Å². The van der Waals surface area contributed by atoms with E-state index >= 15 is 0 Å². The summed E-state index contributed by atoms with van der Waals surface area (Å²) >= 11 is 3.59. The first-order chi connectivity index (χ1) is 13.5. The number of hydrogen-bond acceptors (Lipinski definition) is 5. The largest absolute Gasteiger partial charge is 0.496 e. The number of carbonyl (C=O) groups excluding carboxylic acids is 1. The highest BCUT2D eigenvalue weighted by molar-refractivity contribution is 9.10. The molecule has 0 spiro atoms. The van der Waals surface area contributed by atoms with E-state index in [0.29, 0.717) is 29.2 Å². The van der Waals surface area contributed by atoms with Crippen LogP contribution in [0.4, 0.5) is 0 Å². The van der Waals surface area contributed by atoms with Crippen LogP contribution in [-0.4, -0.2) is 34.2 Å². The molecule has 2 aromatic carbocycles. The molecule has 0 radical (unpaired) electrons. The summed E-state index contributed by atoms with van der Waals surface area (Å²) in [5, 5.41) is 0. The molecule has 0 N–H and O–H groups in total. The van der Waals surface area contributed by atoms with Crippen LogP contribution in [0.5, 0.6) is 23.0 Å². The quantitative estimate of drug-likeness (QED) is 0.473. The number of carbonyl (C=O) groups is 1. The van der Waals surface area contributed by atoms with Crippen LogP contribution in [0, 0.1) is 0 Å². The van der Waals surface area contributed by atoms with Crippen LogP contribution < -0.4 is 18.9 Å². The van der Waals surface area contributed by atoms with Gasteiger partial charge >= 0.3 is 0 Å². The van der Waals surface area contributed by atoms with Crippen LogP contribution >= 0.6 is 15.9 Å². The predicted octanol–water partition coefficient (Wildman–Crippen LogP) is 5.09. The van der Waals surface area contributed by atoms with E-state index < -0.39 is 0 Å². The van der Waals surface area contributed by atoms with E-state index in [2.05, 4.69) is 15.9 Å². The number of Topliss-reactive ketones (excluding diaryl/α,β-unsaturated/α-hetero) is 1. The molecule has 1 aliphatic rings. The van der Waals surface area contributed by atoms with E-state index in [1.165, 1.54) is 0 Å².